The molecule has 0 bridgehead atoms. The van der Waals surface area contributed by atoms with Gasteiger partial charge in [0, 0.05) is 24.7 Å². The molecule has 3 rings (SSSR count). The summed E-state index contributed by atoms with van der Waals surface area (Å²) in [4.78, 5) is 60.8. The Bertz CT molecular complexity index is 1140. The molecule has 0 aliphatic carbocycles. The number of carboxylic acids is 1. The van der Waals surface area contributed by atoms with E-state index in [2.05, 4.69) is 15.5 Å². The van der Waals surface area contributed by atoms with Crippen LogP contribution in [0.15, 0.2) is 21.8 Å². The van der Waals surface area contributed by atoms with Crippen molar-refractivity contribution >= 4 is 57.9 Å². The normalized spacial score (nSPS) is 21.3. The molecule has 0 saturated carbocycles. The van der Waals surface area contributed by atoms with Crippen molar-refractivity contribution in [3.05, 3.63) is 22.3 Å². The Morgan fingerprint density at radius 1 is 1.38 bits per heavy atom. The first-order chi connectivity index (χ1) is 17.5. The molecule has 1 fully saturated rings. The lowest BCUT2D eigenvalue weighted by Crippen LogP contribution is -2.80. The van der Waals surface area contributed by atoms with E-state index in [1.54, 1.807) is 13.8 Å². The monoisotopic (exact) mass is 557 g/mol. The van der Waals surface area contributed by atoms with Crippen molar-refractivity contribution in [2.24, 2.45) is 5.16 Å². The number of anilines is 1. The molecule has 37 heavy (non-hydrogen) atoms. The number of ether oxygens (including phenoxy) is 3. The third-order valence-corrected chi connectivity index (χ3v) is 7.43. The minimum Gasteiger partial charge on any atom is -0.477 e. The number of thioether (sulfide) groups is 1. The first-order valence-electron chi connectivity index (χ1n) is 10.9. The van der Waals surface area contributed by atoms with Crippen LogP contribution in [0.3, 0.4) is 0 Å². The Morgan fingerprint density at radius 3 is 2.68 bits per heavy atom. The number of nitrogens with one attached hydrogen (secondary N) is 1. The van der Waals surface area contributed by atoms with Gasteiger partial charge in [-0.15, -0.1) is 23.1 Å². The molecule has 202 valence electrons. The van der Waals surface area contributed by atoms with Gasteiger partial charge in [-0.3, -0.25) is 14.5 Å². The van der Waals surface area contributed by atoms with E-state index in [0.717, 1.165) is 16.2 Å². The lowest BCUT2D eigenvalue weighted by Gasteiger charge is -2.57. The van der Waals surface area contributed by atoms with E-state index in [0.29, 0.717) is 5.57 Å². The molecule has 2 atom stereocenters. The number of oxime groups is 1. The van der Waals surface area contributed by atoms with Crippen LogP contribution in [0, 0.1) is 0 Å². The van der Waals surface area contributed by atoms with Gasteiger partial charge in [0.05, 0.1) is 19.3 Å². The van der Waals surface area contributed by atoms with Gasteiger partial charge in [-0.05, 0) is 19.4 Å². The third-order valence-electron chi connectivity index (χ3n) is 5.32. The van der Waals surface area contributed by atoms with Gasteiger partial charge in [0.1, 0.15) is 23.9 Å². The second kappa shape index (κ2) is 11.8. The number of carbonyl (C=O) groups is 4. The van der Waals surface area contributed by atoms with Gasteiger partial charge in [0.25, 0.3) is 11.8 Å². The van der Waals surface area contributed by atoms with Gasteiger partial charge in [-0.2, -0.15) is 0 Å². The smallest absolute Gasteiger partial charge is 0.477 e. The Balaban J connectivity index is 1.93. The van der Waals surface area contributed by atoms with E-state index in [1.807, 2.05) is 0 Å². The maximum absolute atomic E-state index is 13.6. The van der Waals surface area contributed by atoms with Gasteiger partial charge in [0.15, 0.2) is 16.4 Å². The van der Waals surface area contributed by atoms with Crippen LogP contribution in [0.1, 0.15) is 26.0 Å². The molecule has 2 aliphatic heterocycles. The first kappa shape index (κ1) is 28.2. The molecular weight excluding hydrogens is 530 g/mol. The molecule has 4 N–H and O–H groups in total. The molecule has 16 heteroatoms. The van der Waals surface area contributed by atoms with Crippen molar-refractivity contribution in [2.45, 2.75) is 37.3 Å². The average Bonchev–Trinajstić information content (AvgIpc) is 3.26. The number of carbonyl (C=O) groups excluding carboxylic acids is 3. The van der Waals surface area contributed by atoms with Crippen LogP contribution in [0.25, 0.3) is 0 Å². The number of rotatable bonds is 11. The Kier molecular flexibility index (Phi) is 8.98. The molecule has 0 radical (unpaired) electrons. The first-order valence-corrected chi connectivity index (χ1v) is 12.9. The number of methoxy groups -OCH3 is 1. The summed E-state index contributed by atoms with van der Waals surface area (Å²) in [5, 5.41) is 17.1. The maximum Gasteiger partial charge on any atom is 0.508 e. The molecule has 0 spiro atoms. The molecule has 14 nitrogen and oxygen atoms in total. The van der Waals surface area contributed by atoms with Crippen molar-refractivity contribution in [1.29, 1.82) is 0 Å². The summed E-state index contributed by atoms with van der Waals surface area (Å²) in [6.45, 7) is 3.02. The summed E-state index contributed by atoms with van der Waals surface area (Å²) in [6.07, 6.45) is -1.52. The highest BCUT2D eigenvalue weighted by Crippen LogP contribution is 2.48. The molecule has 0 aromatic carbocycles. The van der Waals surface area contributed by atoms with Gasteiger partial charge in [-0.1, -0.05) is 5.16 Å². The summed E-state index contributed by atoms with van der Waals surface area (Å²) in [7, 11) is 2.66. The van der Waals surface area contributed by atoms with Crippen LogP contribution in [0.2, 0.25) is 0 Å². The summed E-state index contributed by atoms with van der Waals surface area (Å²) in [5.74, 6) is -2.57. The van der Waals surface area contributed by atoms with Crippen molar-refractivity contribution in [2.75, 3.05) is 38.9 Å². The van der Waals surface area contributed by atoms with Gasteiger partial charge in [0.2, 0.25) is 0 Å². The molecule has 0 unspecified atom stereocenters. The lowest BCUT2D eigenvalue weighted by molar-refractivity contribution is -0.159. The standard InChI is InChI=1S/C21H27N5O9S2/c1-10(2)35-20(31)34-6-5-21(24-15(27)13(25-33-4)12-9-37-19(22)23-12)17(30)26-14(16(28)29)11(7-32-3)8-36-18(21)26/h9-10,18H,5-8H2,1-4H3,(H2,22,23)(H,24,27)(H,28,29)/b25-13-/t18-,21-/m1/s1. The number of aliphatic carboxylic acids is 1. The highest BCUT2D eigenvalue weighted by molar-refractivity contribution is 8.00. The summed E-state index contributed by atoms with van der Waals surface area (Å²) < 4.78 is 15.1. The predicted octanol–water partition coefficient (Wildman–Crippen LogP) is 0.783. The fourth-order valence-corrected chi connectivity index (χ4v) is 5.90. The fraction of sp³-hybridized carbons (Fsp3) is 0.524. The number of aromatic nitrogens is 1. The van der Waals surface area contributed by atoms with E-state index in [1.165, 1.54) is 31.4 Å². The Hall–Kier alpha value is -3.37. The van der Waals surface area contributed by atoms with Crippen LogP contribution in [0.4, 0.5) is 9.93 Å². The number of nitrogen functional groups attached to an aromatic ring is 1. The van der Waals surface area contributed by atoms with Crippen molar-refractivity contribution in [3.8, 4) is 0 Å². The number of nitrogens with zero attached hydrogens (tertiary/aromatic N) is 3. The zero-order valence-electron chi connectivity index (χ0n) is 20.5. The van der Waals surface area contributed by atoms with E-state index in [-0.39, 0.29) is 47.6 Å². The Morgan fingerprint density at radius 2 is 2.11 bits per heavy atom. The van der Waals surface area contributed by atoms with Crippen LogP contribution in [-0.4, -0.2) is 94.8 Å². The Labute approximate surface area is 220 Å². The largest absolute Gasteiger partial charge is 0.508 e. The number of thiazole rings is 1. The molecular formula is C21H27N5O9S2. The quantitative estimate of drug-likeness (QED) is 0.150. The molecule has 2 aliphatic rings. The molecule has 3 heterocycles. The van der Waals surface area contributed by atoms with Crippen molar-refractivity contribution in [3.63, 3.8) is 0 Å². The van der Waals surface area contributed by atoms with Crippen LogP contribution in [-0.2, 0) is 33.4 Å². The molecule has 1 aromatic heterocycles. The lowest BCUT2D eigenvalue weighted by atomic mass is 9.83. The topological polar surface area (TPSA) is 192 Å². The van der Waals surface area contributed by atoms with E-state index in [9.17, 15) is 24.3 Å². The number of carboxylic acid groups (broad SMARTS) is 1. The maximum atomic E-state index is 13.6. The van der Waals surface area contributed by atoms with E-state index < -0.39 is 41.0 Å². The van der Waals surface area contributed by atoms with Crippen molar-refractivity contribution < 1.29 is 43.3 Å². The average molecular weight is 558 g/mol. The minimum absolute atomic E-state index is 0.0184. The number of β-lactam (4-membered cyclic amide) rings is 1. The van der Waals surface area contributed by atoms with Crippen LogP contribution >= 0.6 is 23.1 Å². The third kappa shape index (κ3) is 5.80. The van der Waals surface area contributed by atoms with E-state index >= 15 is 0 Å². The number of amides is 2. The van der Waals surface area contributed by atoms with E-state index in [4.69, 9.17) is 24.8 Å². The summed E-state index contributed by atoms with van der Waals surface area (Å²) >= 11 is 2.32. The van der Waals surface area contributed by atoms with Crippen LogP contribution in [0.5, 0.6) is 0 Å². The number of fused-ring (bicyclic) bond motifs is 1. The SMILES string of the molecule is COCC1=C(C(=O)O)N2C(=O)[C@@](CCOC(=O)OC(C)C)(NC(=O)/C(=N\OC)c3csc(N)n3)[C@H]2SC1. The molecule has 1 aromatic rings. The van der Waals surface area contributed by atoms with Gasteiger partial charge >= 0.3 is 12.1 Å². The number of nitrogens with two attached hydrogens (primary N) is 1. The van der Waals surface area contributed by atoms with Gasteiger partial charge < -0.3 is 35.2 Å². The summed E-state index contributed by atoms with van der Waals surface area (Å²) in [6, 6.07) is 0. The fourth-order valence-electron chi connectivity index (χ4n) is 3.86. The number of hydrogen-bond acceptors (Lipinski definition) is 13. The highest BCUT2D eigenvalue weighted by Gasteiger charge is 2.65. The van der Waals surface area contributed by atoms with Crippen LogP contribution < -0.4 is 11.1 Å². The second-order valence-electron chi connectivity index (χ2n) is 8.16. The zero-order chi connectivity index (χ0) is 27.3. The zero-order valence-corrected chi connectivity index (χ0v) is 22.1. The number of hydrogen-bond donors (Lipinski definition) is 3. The predicted molar refractivity (Wildman–Crippen MR) is 133 cm³/mol. The summed E-state index contributed by atoms with van der Waals surface area (Å²) in [5.41, 5.74) is 4.15. The van der Waals surface area contributed by atoms with Gasteiger partial charge in [-0.25, -0.2) is 14.6 Å². The second-order valence-corrected chi connectivity index (χ2v) is 10.1. The highest BCUT2D eigenvalue weighted by atomic mass is 32.2. The molecule has 2 amide bonds. The minimum atomic E-state index is -1.63. The van der Waals surface area contributed by atoms with Crippen molar-refractivity contribution in [1.82, 2.24) is 15.2 Å². The molecule has 1 saturated heterocycles.